The fourth-order valence-corrected chi connectivity index (χ4v) is 2.91. The van der Waals surface area contributed by atoms with Crippen LogP contribution in [-0.4, -0.2) is 39.6 Å². The average molecular weight is 386 g/mol. The van der Waals surface area contributed by atoms with Gasteiger partial charge in [0.05, 0.1) is 17.7 Å². The Hall–Kier alpha value is -2.16. The van der Waals surface area contributed by atoms with Crippen LogP contribution in [0, 0.1) is 11.2 Å². The summed E-state index contributed by atoms with van der Waals surface area (Å²) >= 11 is 0. The molecule has 0 aliphatic carbocycles. The highest BCUT2D eigenvalue weighted by molar-refractivity contribution is 7.89. The first-order valence-corrected chi connectivity index (χ1v) is 10.3. The predicted molar refractivity (Wildman–Crippen MR) is 101 cm³/mol. The smallest absolute Gasteiger partial charge is 0.224 e. The highest BCUT2D eigenvalue weighted by atomic mass is 32.2. The van der Waals surface area contributed by atoms with E-state index < -0.39 is 27.0 Å². The van der Waals surface area contributed by atoms with Crippen LogP contribution in [0.15, 0.2) is 23.2 Å². The molecular formula is C17H27FN4O3S. The average Bonchev–Trinajstić information content (AvgIpc) is 2.51. The van der Waals surface area contributed by atoms with Crippen molar-refractivity contribution in [3.05, 3.63) is 35.1 Å². The van der Waals surface area contributed by atoms with Crippen LogP contribution in [0.5, 0.6) is 0 Å². The topological polar surface area (TPSA) is 114 Å². The van der Waals surface area contributed by atoms with Gasteiger partial charge in [-0.2, -0.15) is 0 Å². The number of nitrogens with zero attached hydrogens (tertiary/aromatic N) is 1. The molecule has 9 heteroatoms. The summed E-state index contributed by atoms with van der Waals surface area (Å²) in [6, 6.07) is 3.96. The molecule has 146 valence electrons. The Labute approximate surface area is 154 Å². The molecule has 1 amide bonds. The van der Waals surface area contributed by atoms with E-state index in [1.807, 2.05) is 6.92 Å². The van der Waals surface area contributed by atoms with Crippen molar-refractivity contribution in [1.29, 1.82) is 0 Å². The molecule has 4 N–H and O–H groups in total. The van der Waals surface area contributed by atoms with Crippen molar-refractivity contribution in [3.8, 4) is 0 Å². The molecule has 26 heavy (non-hydrogen) atoms. The standard InChI is InChI=1S/C17H27FN4O3S/c1-5-20-16(22-11-17(2,3)15(19)23)21-9-13-8-14(18)7-6-12(13)10-26(4,24)25/h6-8H,5,9-11H2,1-4H3,(H2,19,23)(H2,20,21,22). The van der Waals surface area contributed by atoms with Crippen molar-refractivity contribution in [1.82, 2.24) is 10.6 Å². The maximum Gasteiger partial charge on any atom is 0.224 e. The molecule has 1 aromatic rings. The first-order valence-electron chi connectivity index (χ1n) is 8.21. The Morgan fingerprint density at radius 2 is 1.92 bits per heavy atom. The number of amides is 1. The fourth-order valence-electron chi connectivity index (χ4n) is 2.06. The van der Waals surface area contributed by atoms with Crippen molar-refractivity contribution in [2.24, 2.45) is 16.1 Å². The number of guanidine groups is 1. The zero-order valence-electron chi connectivity index (χ0n) is 15.6. The van der Waals surface area contributed by atoms with E-state index in [4.69, 9.17) is 5.73 Å². The van der Waals surface area contributed by atoms with Gasteiger partial charge in [-0.05, 0) is 44.0 Å². The molecular weight excluding hydrogens is 359 g/mol. The van der Waals surface area contributed by atoms with E-state index in [9.17, 15) is 17.6 Å². The summed E-state index contributed by atoms with van der Waals surface area (Å²) in [6.07, 6.45) is 1.13. The Morgan fingerprint density at radius 1 is 1.27 bits per heavy atom. The number of primary amides is 1. The van der Waals surface area contributed by atoms with Crippen LogP contribution in [0.1, 0.15) is 31.9 Å². The zero-order chi connectivity index (χ0) is 20.0. The zero-order valence-corrected chi connectivity index (χ0v) is 16.4. The Morgan fingerprint density at radius 3 is 2.46 bits per heavy atom. The number of hydrogen-bond donors (Lipinski definition) is 3. The molecule has 1 aromatic carbocycles. The third-order valence-electron chi connectivity index (χ3n) is 3.70. The van der Waals surface area contributed by atoms with Gasteiger partial charge in [-0.15, -0.1) is 0 Å². The molecule has 1 rings (SSSR count). The van der Waals surface area contributed by atoms with Gasteiger partial charge in [-0.25, -0.2) is 17.8 Å². The monoisotopic (exact) mass is 386 g/mol. The van der Waals surface area contributed by atoms with Gasteiger partial charge in [0.1, 0.15) is 5.82 Å². The van der Waals surface area contributed by atoms with Crippen LogP contribution in [0.4, 0.5) is 4.39 Å². The fraction of sp³-hybridized carbons (Fsp3) is 0.529. The molecule has 0 unspecified atom stereocenters. The third kappa shape index (κ3) is 7.38. The predicted octanol–water partition coefficient (Wildman–Crippen LogP) is 0.937. The number of sulfone groups is 1. The second-order valence-corrected chi connectivity index (χ2v) is 8.92. The Kier molecular flexibility index (Phi) is 7.55. The van der Waals surface area contributed by atoms with Crippen LogP contribution in [0.25, 0.3) is 0 Å². The first kappa shape index (κ1) is 21.9. The van der Waals surface area contributed by atoms with Crippen LogP contribution < -0.4 is 16.4 Å². The number of halogens is 1. The van der Waals surface area contributed by atoms with Gasteiger partial charge >= 0.3 is 0 Å². The summed E-state index contributed by atoms with van der Waals surface area (Å²) < 4.78 is 36.7. The molecule has 0 aromatic heterocycles. The third-order valence-corrected chi connectivity index (χ3v) is 4.54. The maximum atomic E-state index is 13.6. The Bertz CT molecular complexity index is 776. The van der Waals surface area contributed by atoms with E-state index in [-0.39, 0.29) is 18.8 Å². The minimum atomic E-state index is -3.25. The molecule has 0 radical (unpaired) electrons. The van der Waals surface area contributed by atoms with Crippen molar-refractivity contribution in [3.63, 3.8) is 0 Å². The number of nitrogens with two attached hydrogens (primary N) is 1. The Balaban J connectivity index is 2.99. The molecule has 0 heterocycles. The minimum absolute atomic E-state index is 0.0922. The summed E-state index contributed by atoms with van der Waals surface area (Å²) in [5.74, 6) is -0.658. The van der Waals surface area contributed by atoms with E-state index in [0.717, 1.165) is 6.26 Å². The van der Waals surface area contributed by atoms with Gasteiger partial charge in [0.15, 0.2) is 15.8 Å². The van der Waals surface area contributed by atoms with Gasteiger partial charge in [-0.3, -0.25) is 4.79 Å². The molecule has 0 fully saturated rings. The van der Waals surface area contributed by atoms with E-state index in [1.54, 1.807) is 13.8 Å². The molecule has 0 saturated heterocycles. The molecule has 0 saturated carbocycles. The summed E-state index contributed by atoms with van der Waals surface area (Å²) in [6.45, 7) is 6.25. The van der Waals surface area contributed by atoms with Crippen LogP contribution in [-0.2, 0) is 26.9 Å². The number of hydrogen-bond acceptors (Lipinski definition) is 4. The largest absolute Gasteiger partial charge is 0.369 e. The normalized spacial score (nSPS) is 12.7. The number of carbonyl (C=O) groups is 1. The maximum absolute atomic E-state index is 13.6. The summed E-state index contributed by atoms with van der Waals surface area (Å²) in [7, 11) is -3.25. The molecule has 0 atom stereocenters. The SMILES string of the molecule is CCNC(=NCc1cc(F)ccc1CS(C)(=O)=O)NCC(C)(C)C(N)=O. The number of benzene rings is 1. The number of nitrogens with one attached hydrogen (secondary N) is 2. The van der Waals surface area contributed by atoms with E-state index in [2.05, 4.69) is 15.6 Å². The van der Waals surface area contributed by atoms with E-state index >= 15 is 0 Å². The first-order chi connectivity index (χ1) is 11.9. The molecule has 0 aliphatic heterocycles. The lowest BCUT2D eigenvalue weighted by molar-refractivity contribution is -0.125. The van der Waals surface area contributed by atoms with Gasteiger partial charge in [-0.1, -0.05) is 6.07 Å². The van der Waals surface area contributed by atoms with Gasteiger partial charge < -0.3 is 16.4 Å². The lowest BCUT2D eigenvalue weighted by atomic mass is 9.93. The highest BCUT2D eigenvalue weighted by Gasteiger charge is 2.25. The number of carbonyl (C=O) groups excluding carboxylic acids is 1. The van der Waals surface area contributed by atoms with E-state index in [0.29, 0.717) is 23.6 Å². The van der Waals surface area contributed by atoms with Crippen LogP contribution in [0.2, 0.25) is 0 Å². The van der Waals surface area contributed by atoms with Gasteiger partial charge in [0.25, 0.3) is 0 Å². The summed E-state index contributed by atoms with van der Waals surface area (Å²) in [4.78, 5) is 15.8. The van der Waals surface area contributed by atoms with Crippen molar-refractivity contribution in [2.75, 3.05) is 19.3 Å². The minimum Gasteiger partial charge on any atom is -0.369 e. The second kappa shape index (κ2) is 8.98. The van der Waals surface area contributed by atoms with Crippen molar-refractivity contribution >= 4 is 21.7 Å². The lowest BCUT2D eigenvalue weighted by Crippen LogP contribution is -2.46. The molecule has 0 bridgehead atoms. The van der Waals surface area contributed by atoms with E-state index in [1.165, 1.54) is 18.2 Å². The van der Waals surface area contributed by atoms with Crippen molar-refractivity contribution in [2.45, 2.75) is 33.1 Å². The van der Waals surface area contributed by atoms with Gasteiger partial charge in [0.2, 0.25) is 5.91 Å². The quantitative estimate of drug-likeness (QED) is 0.454. The number of rotatable bonds is 8. The summed E-state index contributed by atoms with van der Waals surface area (Å²) in [5.41, 5.74) is 5.58. The molecule has 0 spiro atoms. The molecule has 7 nitrogen and oxygen atoms in total. The number of aliphatic imine (C=N–C) groups is 1. The summed E-state index contributed by atoms with van der Waals surface area (Å²) in [5, 5.41) is 6.04. The van der Waals surface area contributed by atoms with Crippen molar-refractivity contribution < 1.29 is 17.6 Å². The molecule has 0 aliphatic rings. The second-order valence-electron chi connectivity index (χ2n) is 6.78. The highest BCUT2D eigenvalue weighted by Crippen LogP contribution is 2.16. The van der Waals surface area contributed by atoms with Gasteiger partial charge in [0, 0.05) is 19.3 Å². The van der Waals surface area contributed by atoms with Crippen LogP contribution in [0.3, 0.4) is 0 Å². The lowest BCUT2D eigenvalue weighted by Gasteiger charge is -2.22. The van der Waals surface area contributed by atoms with Crippen LogP contribution >= 0.6 is 0 Å².